The van der Waals surface area contributed by atoms with Crippen LogP contribution in [0.15, 0.2) is 22.3 Å². The van der Waals surface area contributed by atoms with Gasteiger partial charge >= 0.3 is 0 Å². The molecule has 0 spiro atoms. The van der Waals surface area contributed by atoms with Crippen LogP contribution in [-0.2, 0) is 13.0 Å². The SMILES string of the molecule is O=C(c1cccs1)N1CCc2c([nH][nH]c2=O)C1. The van der Waals surface area contributed by atoms with Gasteiger partial charge in [-0.3, -0.25) is 14.7 Å². The fourth-order valence-corrected chi connectivity index (χ4v) is 2.76. The summed E-state index contributed by atoms with van der Waals surface area (Å²) in [6.45, 7) is 1.08. The lowest BCUT2D eigenvalue weighted by Crippen LogP contribution is -2.36. The van der Waals surface area contributed by atoms with Crippen molar-refractivity contribution in [2.24, 2.45) is 0 Å². The topological polar surface area (TPSA) is 69.0 Å². The minimum Gasteiger partial charge on any atom is -0.332 e. The normalized spacial score (nSPS) is 14.7. The van der Waals surface area contributed by atoms with Gasteiger partial charge in [-0.25, -0.2) is 0 Å². The Labute approximate surface area is 101 Å². The third kappa shape index (κ3) is 1.70. The molecule has 0 unspecified atom stereocenters. The minimum atomic E-state index is -0.0665. The van der Waals surface area contributed by atoms with E-state index in [4.69, 9.17) is 0 Å². The Hall–Kier alpha value is -1.82. The number of carbonyl (C=O) groups is 1. The standard InChI is InChI=1S/C11H11N3O2S/c15-10-7-3-4-14(6-8(7)12-13-10)11(16)9-2-1-5-17-9/h1-2,5H,3-4,6H2,(H2,12,13,15). The molecule has 3 heterocycles. The number of carbonyl (C=O) groups excluding carboxylic acids is 1. The van der Waals surface area contributed by atoms with Crippen molar-refractivity contribution in [3.05, 3.63) is 44.0 Å². The number of aromatic amines is 2. The number of nitrogens with one attached hydrogen (secondary N) is 2. The van der Waals surface area contributed by atoms with Gasteiger partial charge in [-0.05, 0) is 17.9 Å². The summed E-state index contributed by atoms with van der Waals surface area (Å²) in [4.78, 5) is 26.0. The van der Waals surface area contributed by atoms with Gasteiger partial charge < -0.3 is 10.00 Å². The Morgan fingerprint density at radius 1 is 1.41 bits per heavy atom. The largest absolute Gasteiger partial charge is 0.332 e. The van der Waals surface area contributed by atoms with Crippen molar-refractivity contribution < 1.29 is 4.79 Å². The maximum absolute atomic E-state index is 12.1. The number of H-pyrrole nitrogens is 2. The fraction of sp³-hybridized carbons (Fsp3) is 0.273. The van der Waals surface area contributed by atoms with Crippen LogP contribution in [-0.4, -0.2) is 27.5 Å². The van der Waals surface area contributed by atoms with E-state index in [2.05, 4.69) is 10.2 Å². The maximum atomic E-state index is 12.1. The predicted octanol–water partition coefficient (Wildman–Crippen LogP) is 0.963. The van der Waals surface area contributed by atoms with E-state index >= 15 is 0 Å². The third-order valence-electron chi connectivity index (χ3n) is 2.97. The Morgan fingerprint density at radius 2 is 2.29 bits per heavy atom. The highest BCUT2D eigenvalue weighted by atomic mass is 32.1. The summed E-state index contributed by atoms with van der Waals surface area (Å²) in [5, 5.41) is 7.28. The van der Waals surface area contributed by atoms with Gasteiger partial charge in [-0.2, -0.15) is 0 Å². The molecule has 0 aliphatic carbocycles. The lowest BCUT2D eigenvalue weighted by Gasteiger charge is -2.25. The van der Waals surface area contributed by atoms with E-state index < -0.39 is 0 Å². The quantitative estimate of drug-likeness (QED) is 0.790. The molecule has 5 nitrogen and oxygen atoms in total. The van der Waals surface area contributed by atoms with Crippen LogP contribution >= 0.6 is 11.3 Å². The van der Waals surface area contributed by atoms with Crippen molar-refractivity contribution in [3.8, 4) is 0 Å². The zero-order chi connectivity index (χ0) is 11.8. The lowest BCUT2D eigenvalue weighted by atomic mass is 10.1. The molecule has 0 bridgehead atoms. The highest BCUT2D eigenvalue weighted by Crippen LogP contribution is 2.18. The number of nitrogens with zero attached hydrogens (tertiary/aromatic N) is 1. The Morgan fingerprint density at radius 3 is 3.06 bits per heavy atom. The molecular formula is C11H11N3O2S. The highest BCUT2D eigenvalue weighted by molar-refractivity contribution is 7.12. The van der Waals surface area contributed by atoms with Crippen LogP contribution in [0.1, 0.15) is 20.9 Å². The van der Waals surface area contributed by atoms with Crippen molar-refractivity contribution in [1.82, 2.24) is 15.1 Å². The molecular weight excluding hydrogens is 238 g/mol. The van der Waals surface area contributed by atoms with Crippen LogP contribution in [0.25, 0.3) is 0 Å². The van der Waals surface area contributed by atoms with Crippen molar-refractivity contribution in [3.63, 3.8) is 0 Å². The molecule has 0 radical (unpaired) electrons. The first-order valence-corrected chi connectivity index (χ1v) is 6.25. The zero-order valence-electron chi connectivity index (χ0n) is 9.03. The number of hydrogen-bond acceptors (Lipinski definition) is 3. The van der Waals surface area contributed by atoms with Crippen LogP contribution in [0.4, 0.5) is 0 Å². The summed E-state index contributed by atoms with van der Waals surface area (Å²) >= 11 is 1.44. The summed E-state index contributed by atoms with van der Waals surface area (Å²) in [5.74, 6) is 0.0349. The van der Waals surface area contributed by atoms with Crippen LogP contribution in [0, 0.1) is 0 Å². The zero-order valence-corrected chi connectivity index (χ0v) is 9.84. The van der Waals surface area contributed by atoms with Gasteiger partial charge in [-0.15, -0.1) is 11.3 Å². The number of thiophene rings is 1. The van der Waals surface area contributed by atoms with Crippen LogP contribution in [0.3, 0.4) is 0 Å². The van der Waals surface area contributed by atoms with E-state index in [-0.39, 0.29) is 11.5 Å². The van der Waals surface area contributed by atoms with E-state index in [1.54, 1.807) is 4.90 Å². The molecule has 6 heteroatoms. The molecule has 17 heavy (non-hydrogen) atoms. The number of fused-ring (bicyclic) bond motifs is 1. The second-order valence-corrected chi connectivity index (χ2v) is 4.94. The monoisotopic (exact) mass is 249 g/mol. The van der Waals surface area contributed by atoms with Crippen LogP contribution in [0.5, 0.6) is 0 Å². The summed E-state index contributed by atoms with van der Waals surface area (Å²) < 4.78 is 0. The molecule has 1 aliphatic heterocycles. The third-order valence-corrected chi connectivity index (χ3v) is 3.82. The first-order chi connectivity index (χ1) is 8.25. The van der Waals surface area contributed by atoms with Crippen LogP contribution in [0.2, 0.25) is 0 Å². The van der Waals surface area contributed by atoms with Gasteiger partial charge in [0.05, 0.1) is 17.1 Å². The van der Waals surface area contributed by atoms with Gasteiger partial charge in [0.25, 0.3) is 11.5 Å². The summed E-state index contributed by atoms with van der Waals surface area (Å²) in [6, 6.07) is 3.69. The van der Waals surface area contributed by atoms with E-state index in [0.29, 0.717) is 19.5 Å². The molecule has 1 amide bonds. The Bertz CT molecular complexity index is 597. The Balaban J connectivity index is 1.85. The molecule has 1 aliphatic rings. The molecule has 0 atom stereocenters. The average molecular weight is 249 g/mol. The smallest absolute Gasteiger partial charge is 0.267 e. The number of hydrogen-bond donors (Lipinski definition) is 2. The molecule has 0 aromatic carbocycles. The van der Waals surface area contributed by atoms with Crippen molar-refractivity contribution >= 4 is 17.2 Å². The van der Waals surface area contributed by atoms with Crippen LogP contribution < -0.4 is 5.56 Å². The molecule has 0 fully saturated rings. The molecule has 3 rings (SSSR count). The fourth-order valence-electron chi connectivity index (χ4n) is 2.07. The van der Waals surface area contributed by atoms with E-state index in [0.717, 1.165) is 16.1 Å². The van der Waals surface area contributed by atoms with Gasteiger partial charge in [-0.1, -0.05) is 6.07 Å². The lowest BCUT2D eigenvalue weighted by molar-refractivity contribution is 0.0737. The number of amides is 1. The molecule has 88 valence electrons. The van der Waals surface area contributed by atoms with E-state index in [1.165, 1.54) is 11.3 Å². The van der Waals surface area contributed by atoms with Crippen molar-refractivity contribution in [2.75, 3.05) is 6.54 Å². The van der Waals surface area contributed by atoms with Gasteiger partial charge in [0.15, 0.2) is 0 Å². The van der Waals surface area contributed by atoms with Gasteiger partial charge in [0, 0.05) is 12.1 Å². The maximum Gasteiger partial charge on any atom is 0.267 e. The number of aromatic nitrogens is 2. The van der Waals surface area contributed by atoms with Gasteiger partial charge in [0.2, 0.25) is 0 Å². The van der Waals surface area contributed by atoms with Crippen molar-refractivity contribution in [2.45, 2.75) is 13.0 Å². The minimum absolute atomic E-state index is 0.0349. The van der Waals surface area contributed by atoms with E-state index in [1.807, 2.05) is 17.5 Å². The molecule has 2 aromatic heterocycles. The average Bonchev–Trinajstić information content (AvgIpc) is 2.98. The first kappa shape index (κ1) is 10.3. The number of rotatable bonds is 1. The molecule has 2 N–H and O–H groups in total. The molecule has 0 saturated carbocycles. The summed E-state index contributed by atoms with van der Waals surface area (Å²) in [7, 11) is 0. The van der Waals surface area contributed by atoms with E-state index in [9.17, 15) is 9.59 Å². The Kier molecular flexibility index (Phi) is 2.36. The summed E-state index contributed by atoms with van der Waals surface area (Å²) in [5.41, 5.74) is 1.54. The summed E-state index contributed by atoms with van der Waals surface area (Å²) in [6.07, 6.45) is 0.616. The first-order valence-electron chi connectivity index (χ1n) is 5.37. The molecule has 0 saturated heterocycles. The second kappa shape index (κ2) is 3.89. The predicted molar refractivity (Wildman–Crippen MR) is 64.2 cm³/mol. The molecule has 2 aromatic rings. The highest BCUT2D eigenvalue weighted by Gasteiger charge is 2.24. The van der Waals surface area contributed by atoms with Crippen molar-refractivity contribution in [1.29, 1.82) is 0 Å². The second-order valence-electron chi connectivity index (χ2n) is 3.99. The van der Waals surface area contributed by atoms with Gasteiger partial charge in [0.1, 0.15) is 0 Å².